The molecule has 1 atom stereocenters. The van der Waals surface area contributed by atoms with Gasteiger partial charge in [0.25, 0.3) is 0 Å². The van der Waals surface area contributed by atoms with Crippen LogP contribution >= 0.6 is 0 Å². The van der Waals surface area contributed by atoms with Crippen molar-refractivity contribution < 1.29 is 4.74 Å². The van der Waals surface area contributed by atoms with Crippen LogP contribution in [-0.4, -0.2) is 52.6 Å². The fourth-order valence-corrected chi connectivity index (χ4v) is 5.08. The van der Waals surface area contributed by atoms with Crippen molar-refractivity contribution in [2.24, 2.45) is 0 Å². The topological polar surface area (TPSA) is 31.5 Å². The normalized spacial score (nSPS) is 25.9. The van der Waals surface area contributed by atoms with E-state index < -0.39 is 0 Å². The summed E-state index contributed by atoms with van der Waals surface area (Å²) in [5.74, 6) is 1.03. The molecular weight excluding hydrogens is 334 g/mol. The molecule has 0 amide bonds. The molecular formula is C23H33N3O. The van der Waals surface area contributed by atoms with E-state index in [1.807, 2.05) is 0 Å². The van der Waals surface area contributed by atoms with E-state index in [1.165, 1.54) is 81.2 Å². The number of benzene rings is 1. The predicted octanol–water partition coefficient (Wildman–Crippen LogP) is 4.55. The SMILES string of the molecule is CC1CCCN1Cc1cc2cc(OC3CCN(C4CCC4)CC3)ccc2[nH]1. The van der Waals surface area contributed by atoms with Crippen LogP contribution in [-0.2, 0) is 6.54 Å². The first-order valence-electron chi connectivity index (χ1n) is 11.0. The summed E-state index contributed by atoms with van der Waals surface area (Å²) in [6, 6.07) is 10.4. The van der Waals surface area contributed by atoms with Gasteiger partial charge in [0.1, 0.15) is 11.9 Å². The van der Waals surface area contributed by atoms with Crippen molar-refractivity contribution in [2.75, 3.05) is 19.6 Å². The molecule has 1 aliphatic carbocycles. The molecule has 3 aliphatic rings. The van der Waals surface area contributed by atoms with Gasteiger partial charge in [0.2, 0.25) is 0 Å². The summed E-state index contributed by atoms with van der Waals surface area (Å²) in [6.07, 6.45) is 9.62. The quantitative estimate of drug-likeness (QED) is 0.841. The summed E-state index contributed by atoms with van der Waals surface area (Å²) < 4.78 is 6.35. The summed E-state index contributed by atoms with van der Waals surface area (Å²) in [5, 5.41) is 1.28. The second-order valence-corrected chi connectivity index (χ2v) is 8.94. The number of fused-ring (bicyclic) bond motifs is 1. The van der Waals surface area contributed by atoms with Gasteiger partial charge in [-0.05, 0) is 76.3 Å². The third-order valence-corrected chi connectivity index (χ3v) is 7.08. The van der Waals surface area contributed by atoms with Crippen LogP contribution < -0.4 is 4.74 Å². The molecule has 3 heterocycles. The Kier molecular flexibility index (Phi) is 4.87. The monoisotopic (exact) mass is 367 g/mol. The molecule has 0 radical (unpaired) electrons. The van der Waals surface area contributed by atoms with Crippen molar-refractivity contribution in [1.29, 1.82) is 0 Å². The van der Waals surface area contributed by atoms with Gasteiger partial charge >= 0.3 is 0 Å². The zero-order valence-corrected chi connectivity index (χ0v) is 16.6. The molecule has 1 aromatic carbocycles. The van der Waals surface area contributed by atoms with Crippen molar-refractivity contribution in [3.05, 3.63) is 30.0 Å². The number of nitrogens with one attached hydrogen (secondary N) is 1. The third kappa shape index (κ3) is 3.74. The number of rotatable bonds is 5. The highest BCUT2D eigenvalue weighted by Gasteiger charge is 2.29. The van der Waals surface area contributed by atoms with Crippen LogP contribution in [0.1, 0.15) is 57.6 Å². The number of hydrogen-bond donors (Lipinski definition) is 1. The first-order chi connectivity index (χ1) is 13.2. The standard InChI is InChI=1S/C23H33N3O/c1-17-4-3-11-26(17)16-19-14-18-15-22(7-8-23(18)24-19)27-21-9-12-25(13-10-21)20-5-2-6-20/h7-8,14-15,17,20-21,24H,2-6,9-13,16H2,1H3. The number of piperidine rings is 1. The van der Waals surface area contributed by atoms with Crippen LogP contribution in [0.4, 0.5) is 0 Å². The molecule has 2 aromatic rings. The van der Waals surface area contributed by atoms with Gasteiger partial charge in [-0.3, -0.25) is 4.90 Å². The van der Waals surface area contributed by atoms with Crippen LogP contribution in [0.5, 0.6) is 5.75 Å². The van der Waals surface area contributed by atoms with E-state index >= 15 is 0 Å². The fraction of sp³-hybridized carbons (Fsp3) is 0.652. The molecule has 146 valence electrons. The van der Waals surface area contributed by atoms with Crippen molar-refractivity contribution in [3.63, 3.8) is 0 Å². The van der Waals surface area contributed by atoms with Gasteiger partial charge < -0.3 is 14.6 Å². The second kappa shape index (κ2) is 7.48. The molecule has 2 saturated heterocycles. The molecule has 1 aromatic heterocycles. The lowest BCUT2D eigenvalue weighted by Crippen LogP contribution is -2.46. The number of nitrogens with zero attached hydrogens (tertiary/aromatic N) is 2. The Morgan fingerprint density at radius 2 is 1.85 bits per heavy atom. The molecule has 0 bridgehead atoms. The molecule has 5 rings (SSSR count). The largest absolute Gasteiger partial charge is 0.490 e. The fourth-order valence-electron chi connectivity index (χ4n) is 5.08. The van der Waals surface area contributed by atoms with Crippen molar-refractivity contribution in [1.82, 2.24) is 14.8 Å². The van der Waals surface area contributed by atoms with E-state index in [9.17, 15) is 0 Å². The molecule has 1 unspecified atom stereocenters. The minimum Gasteiger partial charge on any atom is -0.490 e. The van der Waals surface area contributed by atoms with E-state index in [1.54, 1.807) is 0 Å². The molecule has 4 nitrogen and oxygen atoms in total. The van der Waals surface area contributed by atoms with Crippen LogP contribution in [0.2, 0.25) is 0 Å². The zero-order chi connectivity index (χ0) is 18.2. The van der Waals surface area contributed by atoms with Crippen LogP contribution in [0, 0.1) is 0 Å². The van der Waals surface area contributed by atoms with Crippen LogP contribution in [0.25, 0.3) is 10.9 Å². The smallest absolute Gasteiger partial charge is 0.120 e. The van der Waals surface area contributed by atoms with Gasteiger partial charge in [-0.15, -0.1) is 0 Å². The zero-order valence-electron chi connectivity index (χ0n) is 16.6. The summed E-state index contributed by atoms with van der Waals surface area (Å²) in [4.78, 5) is 8.87. The lowest BCUT2D eigenvalue weighted by molar-refractivity contribution is 0.0494. The van der Waals surface area contributed by atoms with Gasteiger partial charge in [0.15, 0.2) is 0 Å². The average Bonchev–Trinajstić information content (AvgIpc) is 3.21. The molecule has 2 aliphatic heterocycles. The third-order valence-electron chi connectivity index (χ3n) is 7.08. The molecule has 3 fully saturated rings. The van der Waals surface area contributed by atoms with Gasteiger partial charge in [0, 0.05) is 48.3 Å². The summed E-state index contributed by atoms with van der Waals surface area (Å²) >= 11 is 0. The first kappa shape index (κ1) is 17.6. The van der Waals surface area contributed by atoms with E-state index in [4.69, 9.17) is 4.74 Å². The summed E-state index contributed by atoms with van der Waals surface area (Å²) in [5.41, 5.74) is 2.55. The molecule has 4 heteroatoms. The maximum atomic E-state index is 6.35. The Labute approximate surface area is 162 Å². The Bertz CT molecular complexity index is 773. The van der Waals surface area contributed by atoms with E-state index in [0.29, 0.717) is 12.1 Å². The van der Waals surface area contributed by atoms with Gasteiger partial charge in [-0.2, -0.15) is 0 Å². The number of aromatic amines is 1. The van der Waals surface area contributed by atoms with Crippen LogP contribution in [0.3, 0.4) is 0 Å². The maximum absolute atomic E-state index is 6.35. The first-order valence-corrected chi connectivity index (χ1v) is 11.0. The molecule has 27 heavy (non-hydrogen) atoms. The van der Waals surface area contributed by atoms with Gasteiger partial charge in [-0.1, -0.05) is 6.42 Å². The molecule has 1 N–H and O–H groups in total. The van der Waals surface area contributed by atoms with Crippen molar-refractivity contribution in [2.45, 2.75) is 76.6 Å². The Morgan fingerprint density at radius 3 is 2.56 bits per heavy atom. The average molecular weight is 368 g/mol. The van der Waals surface area contributed by atoms with E-state index in [-0.39, 0.29) is 0 Å². The number of H-pyrrole nitrogens is 1. The lowest BCUT2D eigenvalue weighted by atomic mass is 9.90. The molecule has 0 spiro atoms. The number of likely N-dealkylation sites (tertiary alicyclic amines) is 2. The Balaban J connectivity index is 1.21. The van der Waals surface area contributed by atoms with Gasteiger partial charge in [0.05, 0.1) is 0 Å². The summed E-state index contributed by atoms with van der Waals surface area (Å²) in [6.45, 7) is 7.02. The van der Waals surface area contributed by atoms with Crippen molar-refractivity contribution >= 4 is 10.9 Å². The predicted molar refractivity (Wildman–Crippen MR) is 110 cm³/mol. The molecule has 1 saturated carbocycles. The number of hydrogen-bond acceptors (Lipinski definition) is 3. The Hall–Kier alpha value is -1.52. The minimum absolute atomic E-state index is 0.377. The van der Waals surface area contributed by atoms with Crippen molar-refractivity contribution in [3.8, 4) is 5.75 Å². The minimum atomic E-state index is 0.377. The summed E-state index contributed by atoms with van der Waals surface area (Å²) in [7, 11) is 0. The maximum Gasteiger partial charge on any atom is 0.120 e. The highest BCUT2D eigenvalue weighted by atomic mass is 16.5. The van der Waals surface area contributed by atoms with E-state index in [2.05, 4.69) is 46.0 Å². The lowest BCUT2D eigenvalue weighted by Gasteiger charge is -2.41. The second-order valence-electron chi connectivity index (χ2n) is 8.94. The number of aromatic nitrogens is 1. The van der Waals surface area contributed by atoms with Gasteiger partial charge in [-0.25, -0.2) is 0 Å². The van der Waals surface area contributed by atoms with E-state index in [0.717, 1.165) is 18.3 Å². The van der Waals surface area contributed by atoms with Crippen LogP contribution in [0.15, 0.2) is 24.3 Å². The highest BCUT2D eigenvalue weighted by molar-refractivity contribution is 5.81. The highest BCUT2D eigenvalue weighted by Crippen LogP contribution is 2.30. The number of ether oxygens (including phenoxy) is 1. The Morgan fingerprint density at radius 1 is 1.00 bits per heavy atom.